The monoisotopic (exact) mass is 330 g/mol. The molecule has 6 heteroatoms. The molecule has 2 heterocycles. The van der Waals surface area contributed by atoms with E-state index in [-0.39, 0.29) is 18.2 Å². The number of alkyl carbamates (subject to hydrolysis) is 1. The summed E-state index contributed by atoms with van der Waals surface area (Å²) in [5, 5.41) is 6.53. The third-order valence-electron chi connectivity index (χ3n) is 4.18. The Morgan fingerprint density at radius 3 is 2.88 bits per heavy atom. The molecule has 1 amide bonds. The number of hydrogen-bond donors (Lipinski definition) is 2. The van der Waals surface area contributed by atoms with Crippen molar-refractivity contribution >= 4 is 11.7 Å². The Bertz CT molecular complexity index is 671. The SMILES string of the molecule is CC(C)(C)OC(=O)NC1CCCC1NCc1cn2ccccc2n1. The molecule has 0 bridgehead atoms. The lowest BCUT2D eigenvalue weighted by Gasteiger charge is -2.25. The molecule has 130 valence electrons. The summed E-state index contributed by atoms with van der Waals surface area (Å²) >= 11 is 0. The van der Waals surface area contributed by atoms with Gasteiger partial charge in [0.15, 0.2) is 0 Å². The lowest BCUT2D eigenvalue weighted by Crippen LogP contribution is -2.47. The summed E-state index contributed by atoms with van der Waals surface area (Å²) in [5.74, 6) is 0. The topological polar surface area (TPSA) is 67.7 Å². The highest BCUT2D eigenvalue weighted by molar-refractivity contribution is 5.68. The van der Waals surface area contributed by atoms with E-state index in [9.17, 15) is 4.79 Å². The van der Waals surface area contributed by atoms with Gasteiger partial charge >= 0.3 is 6.09 Å². The number of imidazole rings is 1. The zero-order valence-corrected chi connectivity index (χ0v) is 14.6. The number of ether oxygens (including phenoxy) is 1. The fraction of sp³-hybridized carbons (Fsp3) is 0.556. The predicted molar refractivity (Wildman–Crippen MR) is 92.8 cm³/mol. The molecule has 1 fully saturated rings. The number of rotatable bonds is 4. The van der Waals surface area contributed by atoms with Crippen molar-refractivity contribution in [1.82, 2.24) is 20.0 Å². The molecule has 2 aromatic rings. The molecule has 0 aliphatic heterocycles. The van der Waals surface area contributed by atoms with Crippen LogP contribution in [0.2, 0.25) is 0 Å². The molecule has 0 spiro atoms. The molecule has 3 rings (SSSR count). The zero-order valence-electron chi connectivity index (χ0n) is 14.6. The summed E-state index contributed by atoms with van der Waals surface area (Å²) in [7, 11) is 0. The number of nitrogens with one attached hydrogen (secondary N) is 2. The van der Waals surface area contributed by atoms with Gasteiger partial charge in [-0.15, -0.1) is 0 Å². The van der Waals surface area contributed by atoms with Gasteiger partial charge in [0, 0.05) is 31.0 Å². The molecule has 0 radical (unpaired) electrons. The Morgan fingerprint density at radius 2 is 2.12 bits per heavy atom. The van der Waals surface area contributed by atoms with E-state index in [1.807, 2.05) is 55.8 Å². The molecule has 2 atom stereocenters. The number of carbonyl (C=O) groups is 1. The Labute approximate surface area is 142 Å². The molecular formula is C18H26N4O2. The van der Waals surface area contributed by atoms with Crippen LogP contribution in [-0.2, 0) is 11.3 Å². The highest BCUT2D eigenvalue weighted by Gasteiger charge is 2.29. The van der Waals surface area contributed by atoms with Gasteiger partial charge in [-0.05, 0) is 52.2 Å². The van der Waals surface area contributed by atoms with E-state index in [2.05, 4.69) is 15.6 Å². The molecule has 2 unspecified atom stereocenters. The maximum absolute atomic E-state index is 12.0. The van der Waals surface area contributed by atoms with Gasteiger partial charge in [0.2, 0.25) is 0 Å². The van der Waals surface area contributed by atoms with Gasteiger partial charge in [-0.3, -0.25) is 0 Å². The fourth-order valence-corrected chi connectivity index (χ4v) is 3.14. The maximum atomic E-state index is 12.0. The summed E-state index contributed by atoms with van der Waals surface area (Å²) in [6, 6.07) is 6.33. The van der Waals surface area contributed by atoms with Gasteiger partial charge in [0.25, 0.3) is 0 Å². The van der Waals surface area contributed by atoms with E-state index in [4.69, 9.17) is 4.74 Å². The Balaban J connectivity index is 1.55. The second-order valence-corrected chi connectivity index (χ2v) is 7.37. The van der Waals surface area contributed by atoms with Gasteiger partial charge in [-0.25, -0.2) is 9.78 Å². The lowest BCUT2D eigenvalue weighted by molar-refractivity contribution is 0.0498. The van der Waals surface area contributed by atoms with Crippen molar-refractivity contribution in [3.63, 3.8) is 0 Å². The number of aromatic nitrogens is 2. The first-order valence-electron chi connectivity index (χ1n) is 8.56. The number of carbonyl (C=O) groups excluding carboxylic acids is 1. The predicted octanol–water partition coefficient (Wildman–Crippen LogP) is 2.87. The number of nitrogens with zero attached hydrogens (tertiary/aromatic N) is 2. The molecule has 6 nitrogen and oxygen atoms in total. The van der Waals surface area contributed by atoms with E-state index in [1.54, 1.807) is 0 Å². The van der Waals surface area contributed by atoms with Crippen molar-refractivity contribution in [1.29, 1.82) is 0 Å². The summed E-state index contributed by atoms with van der Waals surface area (Å²) in [5.41, 5.74) is 1.48. The van der Waals surface area contributed by atoms with E-state index in [0.29, 0.717) is 6.54 Å². The first-order valence-corrected chi connectivity index (χ1v) is 8.56. The van der Waals surface area contributed by atoms with Crippen molar-refractivity contribution in [3.8, 4) is 0 Å². The quantitative estimate of drug-likeness (QED) is 0.904. The van der Waals surface area contributed by atoms with E-state index in [1.165, 1.54) is 0 Å². The standard InChI is InChI=1S/C18H26N4O2/c1-18(2,3)24-17(23)21-15-8-6-7-14(15)19-11-13-12-22-10-5-4-9-16(22)20-13/h4-5,9-10,12,14-15,19H,6-8,11H2,1-3H3,(H,21,23). The van der Waals surface area contributed by atoms with Crippen molar-refractivity contribution < 1.29 is 9.53 Å². The van der Waals surface area contributed by atoms with Crippen LogP contribution >= 0.6 is 0 Å². The van der Waals surface area contributed by atoms with Crippen LogP contribution in [0.4, 0.5) is 4.79 Å². The molecular weight excluding hydrogens is 304 g/mol. The smallest absolute Gasteiger partial charge is 0.407 e. The van der Waals surface area contributed by atoms with Gasteiger partial charge in [0.1, 0.15) is 11.2 Å². The number of fused-ring (bicyclic) bond motifs is 1. The van der Waals surface area contributed by atoms with Crippen molar-refractivity contribution in [2.45, 2.75) is 64.3 Å². The first-order chi connectivity index (χ1) is 11.4. The van der Waals surface area contributed by atoms with E-state index >= 15 is 0 Å². The fourth-order valence-electron chi connectivity index (χ4n) is 3.14. The van der Waals surface area contributed by atoms with Crippen molar-refractivity contribution in [3.05, 3.63) is 36.3 Å². The van der Waals surface area contributed by atoms with Crippen LogP contribution in [-0.4, -0.2) is 33.2 Å². The Morgan fingerprint density at radius 1 is 1.33 bits per heavy atom. The van der Waals surface area contributed by atoms with E-state index < -0.39 is 5.60 Å². The first kappa shape index (κ1) is 16.8. The van der Waals surface area contributed by atoms with Crippen LogP contribution < -0.4 is 10.6 Å². The molecule has 2 N–H and O–H groups in total. The number of hydrogen-bond acceptors (Lipinski definition) is 4. The minimum absolute atomic E-state index is 0.108. The van der Waals surface area contributed by atoms with Crippen molar-refractivity contribution in [2.24, 2.45) is 0 Å². The highest BCUT2D eigenvalue weighted by Crippen LogP contribution is 2.20. The number of amides is 1. The van der Waals surface area contributed by atoms with Gasteiger partial charge in [-0.2, -0.15) is 0 Å². The van der Waals surface area contributed by atoms with Crippen LogP contribution in [0.3, 0.4) is 0 Å². The van der Waals surface area contributed by atoms with E-state index in [0.717, 1.165) is 30.6 Å². The van der Waals surface area contributed by atoms with Crippen LogP contribution in [0.1, 0.15) is 45.7 Å². The maximum Gasteiger partial charge on any atom is 0.407 e. The molecule has 24 heavy (non-hydrogen) atoms. The van der Waals surface area contributed by atoms with Crippen LogP contribution in [0.5, 0.6) is 0 Å². The zero-order chi connectivity index (χ0) is 17.2. The molecule has 2 aromatic heterocycles. The summed E-state index contributed by atoms with van der Waals surface area (Å²) < 4.78 is 7.37. The Hall–Kier alpha value is -2.08. The normalized spacial score (nSPS) is 21.1. The number of pyridine rings is 1. The second-order valence-electron chi connectivity index (χ2n) is 7.37. The van der Waals surface area contributed by atoms with Crippen LogP contribution in [0, 0.1) is 0 Å². The lowest BCUT2D eigenvalue weighted by atomic mass is 10.1. The Kier molecular flexibility index (Phi) is 4.76. The minimum atomic E-state index is -0.470. The van der Waals surface area contributed by atoms with Gasteiger partial charge < -0.3 is 19.8 Å². The molecule has 1 aliphatic carbocycles. The average Bonchev–Trinajstić information content (AvgIpc) is 3.08. The highest BCUT2D eigenvalue weighted by atomic mass is 16.6. The largest absolute Gasteiger partial charge is 0.444 e. The minimum Gasteiger partial charge on any atom is -0.444 e. The molecule has 1 aliphatic rings. The van der Waals surface area contributed by atoms with Crippen molar-refractivity contribution in [2.75, 3.05) is 0 Å². The molecule has 0 saturated heterocycles. The van der Waals surface area contributed by atoms with Gasteiger partial charge in [0.05, 0.1) is 5.69 Å². The third kappa shape index (κ3) is 4.26. The third-order valence-corrected chi connectivity index (χ3v) is 4.18. The summed E-state index contributed by atoms with van der Waals surface area (Å²) in [6.07, 6.45) is 6.81. The summed E-state index contributed by atoms with van der Waals surface area (Å²) in [4.78, 5) is 16.6. The van der Waals surface area contributed by atoms with Crippen LogP contribution in [0.15, 0.2) is 30.6 Å². The van der Waals surface area contributed by atoms with Gasteiger partial charge in [-0.1, -0.05) is 6.07 Å². The molecule has 0 aromatic carbocycles. The summed E-state index contributed by atoms with van der Waals surface area (Å²) in [6.45, 7) is 6.32. The average molecular weight is 330 g/mol. The van der Waals surface area contributed by atoms with Crippen LogP contribution in [0.25, 0.3) is 5.65 Å². The second kappa shape index (κ2) is 6.81. The molecule has 1 saturated carbocycles.